The van der Waals surface area contributed by atoms with Gasteiger partial charge in [-0.25, -0.2) is 0 Å². The summed E-state index contributed by atoms with van der Waals surface area (Å²) >= 11 is 0. The molecule has 1 amide bonds. The van der Waals surface area contributed by atoms with E-state index in [2.05, 4.69) is 10.6 Å². The van der Waals surface area contributed by atoms with Crippen LogP contribution in [-0.4, -0.2) is 17.4 Å². The zero-order valence-electron chi connectivity index (χ0n) is 17.3. The van der Waals surface area contributed by atoms with Crippen molar-refractivity contribution in [1.29, 1.82) is 0 Å². The van der Waals surface area contributed by atoms with Crippen molar-refractivity contribution in [1.82, 2.24) is 5.32 Å². The van der Waals surface area contributed by atoms with Crippen molar-refractivity contribution in [3.8, 4) is 0 Å². The minimum Gasteiger partial charge on any atom is -0.319 e. The average molecular weight is 403 g/mol. The number of amides is 1. The van der Waals surface area contributed by atoms with Gasteiger partial charge in [-0.1, -0.05) is 66.2 Å². The number of hydrogen-bond acceptors (Lipinski definition) is 4. The van der Waals surface area contributed by atoms with Gasteiger partial charge in [0.15, 0.2) is 0 Å². The van der Waals surface area contributed by atoms with Crippen molar-refractivity contribution in [3.63, 3.8) is 0 Å². The molecule has 6 heteroatoms. The van der Waals surface area contributed by atoms with Gasteiger partial charge >= 0.3 is 0 Å². The zero-order valence-corrected chi connectivity index (χ0v) is 17.3. The molecule has 0 fully saturated rings. The molecular formula is C24H25N3O3. The average Bonchev–Trinajstić information content (AvgIpc) is 2.73. The molecule has 3 aromatic carbocycles. The first-order valence-electron chi connectivity index (χ1n) is 9.76. The lowest BCUT2D eigenvalue weighted by Crippen LogP contribution is -2.32. The lowest BCUT2D eigenvalue weighted by molar-refractivity contribution is -0.384. The molecule has 0 radical (unpaired) electrons. The summed E-state index contributed by atoms with van der Waals surface area (Å²) < 4.78 is 0. The van der Waals surface area contributed by atoms with Gasteiger partial charge in [0.05, 0.1) is 17.5 Å². The third-order valence-corrected chi connectivity index (χ3v) is 5.19. The molecule has 0 saturated carbocycles. The van der Waals surface area contributed by atoms with Gasteiger partial charge in [-0.05, 0) is 43.0 Å². The second kappa shape index (κ2) is 9.33. The molecule has 3 aromatic rings. The van der Waals surface area contributed by atoms with Gasteiger partial charge < -0.3 is 5.32 Å². The molecule has 0 unspecified atom stereocenters. The fourth-order valence-corrected chi connectivity index (χ4v) is 3.32. The van der Waals surface area contributed by atoms with Gasteiger partial charge in [-0.3, -0.25) is 20.2 Å². The molecule has 6 nitrogen and oxygen atoms in total. The molecule has 0 saturated heterocycles. The highest BCUT2D eigenvalue weighted by atomic mass is 16.6. The van der Waals surface area contributed by atoms with E-state index in [1.54, 1.807) is 13.0 Å². The van der Waals surface area contributed by atoms with Crippen LogP contribution < -0.4 is 10.6 Å². The minimum atomic E-state index is -0.478. The maximum atomic E-state index is 12.7. The third-order valence-electron chi connectivity index (χ3n) is 5.19. The first-order chi connectivity index (χ1) is 14.4. The number of hydrogen-bond donors (Lipinski definition) is 2. The van der Waals surface area contributed by atoms with Gasteiger partial charge in [0.25, 0.3) is 5.69 Å². The van der Waals surface area contributed by atoms with Crippen LogP contribution in [0.2, 0.25) is 0 Å². The van der Waals surface area contributed by atoms with E-state index in [0.29, 0.717) is 5.56 Å². The quantitative estimate of drug-likeness (QED) is 0.437. The van der Waals surface area contributed by atoms with Crippen LogP contribution in [0.5, 0.6) is 0 Å². The topological polar surface area (TPSA) is 84.3 Å². The van der Waals surface area contributed by atoms with E-state index in [1.807, 2.05) is 68.4 Å². The highest BCUT2D eigenvalue weighted by Crippen LogP contribution is 2.30. The molecule has 0 aromatic heterocycles. The molecule has 0 aliphatic heterocycles. The Labute approximate surface area is 176 Å². The number of rotatable bonds is 7. The second-order valence-electron chi connectivity index (χ2n) is 7.34. The molecule has 0 spiro atoms. The van der Waals surface area contributed by atoms with Crippen LogP contribution in [0.1, 0.15) is 33.9 Å². The van der Waals surface area contributed by atoms with Crippen LogP contribution in [0.4, 0.5) is 11.4 Å². The standard InChI is InChI=1S/C24H25N3O3/c1-16-9-12-20(13-10-16)24(19-7-5-4-6-8-19)25-15-22(28)26-23-18(3)17(2)11-14-21(23)27(29)30/h4-14,24-25H,15H2,1-3H3,(H,26,28)/t24-/m0/s1. The van der Waals surface area contributed by atoms with Gasteiger partial charge in [0, 0.05) is 6.07 Å². The predicted octanol–water partition coefficient (Wildman–Crippen LogP) is 4.84. The van der Waals surface area contributed by atoms with Crippen molar-refractivity contribution < 1.29 is 9.72 Å². The Morgan fingerprint density at radius 3 is 2.20 bits per heavy atom. The van der Waals surface area contributed by atoms with E-state index in [-0.39, 0.29) is 29.9 Å². The molecule has 0 aliphatic rings. The Kier molecular flexibility index (Phi) is 6.59. The summed E-state index contributed by atoms with van der Waals surface area (Å²) in [5, 5.41) is 17.4. The fraction of sp³-hybridized carbons (Fsp3) is 0.208. The van der Waals surface area contributed by atoms with Gasteiger partial charge in [-0.2, -0.15) is 0 Å². The number of nitrogens with one attached hydrogen (secondary N) is 2. The van der Waals surface area contributed by atoms with E-state index < -0.39 is 4.92 Å². The van der Waals surface area contributed by atoms with Crippen LogP contribution in [0.25, 0.3) is 0 Å². The van der Waals surface area contributed by atoms with Crippen molar-refractivity contribution in [3.05, 3.63) is 105 Å². The zero-order chi connectivity index (χ0) is 21.7. The number of carbonyl (C=O) groups is 1. The van der Waals surface area contributed by atoms with Crippen LogP contribution in [0.3, 0.4) is 0 Å². The lowest BCUT2D eigenvalue weighted by atomic mass is 9.98. The molecule has 30 heavy (non-hydrogen) atoms. The highest BCUT2D eigenvalue weighted by Gasteiger charge is 2.20. The van der Waals surface area contributed by atoms with E-state index in [0.717, 1.165) is 22.3 Å². The highest BCUT2D eigenvalue weighted by molar-refractivity contribution is 5.95. The SMILES string of the molecule is Cc1ccc([C@@H](NCC(=O)Nc2c([N+](=O)[O-])ccc(C)c2C)c2ccccc2)cc1. The van der Waals surface area contributed by atoms with Gasteiger partial charge in [0.1, 0.15) is 5.69 Å². The Bertz CT molecular complexity index is 1050. The molecule has 0 heterocycles. The molecule has 2 N–H and O–H groups in total. The minimum absolute atomic E-state index is 0.0119. The smallest absolute Gasteiger partial charge is 0.293 e. The maximum absolute atomic E-state index is 12.7. The first-order valence-corrected chi connectivity index (χ1v) is 9.76. The molecule has 0 bridgehead atoms. The van der Waals surface area contributed by atoms with Crippen LogP contribution in [-0.2, 0) is 4.79 Å². The van der Waals surface area contributed by atoms with Crippen molar-refractivity contribution >= 4 is 17.3 Å². The Morgan fingerprint density at radius 1 is 0.933 bits per heavy atom. The summed E-state index contributed by atoms with van der Waals surface area (Å²) in [6.07, 6.45) is 0. The summed E-state index contributed by atoms with van der Waals surface area (Å²) in [6.45, 7) is 5.66. The second-order valence-corrected chi connectivity index (χ2v) is 7.34. The number of nitro benzene ring substituents is 1. The summed E-state index contributed by atoms with van der Waals surface area (Å²) in [5.41, 5.74) is 4.94. The maximum Gasteiger partial charge on any atom is 0.293 e. The van der Waals surface area contributed by atoms with E-state index in [1.165, 1.54) is 6.07 Å². The lowest BCUT2D eigenvalue weighted by Gasteiger charge is -2.20. The number of anilines is 1. The summed E-state index contributed by atoms with van der Waals surface area (Å²) in [7, 11) is 0. The first kappa shape index (κ1) is 21.2. The largest absolute Gasteiger partial charge is 0.319 e. The van der Waals surface area contributed by atoms with E-state index in [9.17, 15) is 14.9 Å². The Morgan fingerprint density at radius 2 is 1.57 bits per heavy atom. The van der Waals surface area contributed by atoms with Crippen LogP contribution in [0, 0.1) is 30.9 Å². The van der Waals surface area contributed by atoms with Crippen LogP contribution in [0.15, 0.2) is 66.7 Å². The number of nitrogens with zero attached hydrogens (tertiary/aromatic N) is 1. The predicted molar refractivity (Wildman–Crippen MR) is 119 cm³/mol. The third kappa shape index (κ3) is 4.90. The van der Waals surface area contributed by atoms with Crippen molar-refractivity contribution in [2.24, 2.45) is 0 Å². The number of nitro groups is 1. The number of aryl methyl sites for hydroxylation is 2. The number of carbonyl (C=O) groups excluding carboxylic acids is 1. The Hall–Kier alpha value is -3.51. The monoisotopic (exact) mass is 403 g/mol. The van der Waals surface area contributed by atoms with Gasteiger partial charge in [-0.15, -0.1) is 0 Å². The molecule has 154 valence electrons. The summed E-state index contributed by atoms with van der Waals surface area (Å²) in [4.78, 5) is 23.6. The van der Waals surface area contributed by atoms with E-state index >= 15 is 0 Å². The molecule has 3 rings (SSSR count). The summed E-state index contributed by atoms with van der Waals surface area (Å²) in [5.74, 6) is -0.333. The van der Waals surface area contributed by atoms with Gasteiger partial charge in [0.2, 0.25) is 5.91 Å². The Balaban J connectivity index is 1.80. The summed E-state index contributed by atoms with van der Waals surface area (Å²) in [6, 6.07) is 20.9. The normalized spacial score (nSPS) is 11.7. The molecular weight excluding hydrogens is 378 g/mol. The van der Waals surface area contributed by atoms with Crippen LogP contribution >= 0.6 is 0 Å². The van der Waals surface area contributed by atoms with Crippen molar-refractivity contribution in [2.75, 3.05) is 11.9 Å². The molecule has 1 atom stereocenters. The van der Waals surface area contributed by atoms with Crippen molar-refractivity contribution in [2.45, 2.75) is 26.8 Å². The fourth-order valence-electron chi connectivity index (χ4n) is 3.32. The number of benzene rings is 3. The van der Waals surface area contributed by atoms with E-state index in [4.69, 9.17) is 0 Å². The molecule has 0 aliphatic carbocycles.